The Labute approximate surface area is 106 Å². The van der Waals surface area contributed by atoms with Gasteiger partial charge in [0.25, 0.3) is 0 Å². The SMILES string of the molecule is CCS(CC)(CC)Cc1cc2ccccc2[nH]1. The molecule has 2 heteroatoms. The second kappa shape index (κ2) is 5.18. The molecule has 1 nitrogen and oxygen atoms in total. The highest BCUT2D eigenvalue weighted by atomic mass is 32.3. The first kappa shape index (κ1) is 12.6. The number of para-hydroxylation sites is 1. The van der Waals surface area contributed by atoms with E-state index in [-0.39, 0.29) is 0 Å². The van der Waals surface area contributed by atoms with Crippen LogP contribution in [0.25, 0.3) is 10.9 Å². The Bertz CT molecular complexity index is 441. The van der Waals surface area contributed by atoms with Crippen LogP contribution in [0.3, 0.4) is 0 Å². The minimum atomic E-state index is -0.442. The van der Waals surface area contributed by atoms with Gasteiger partial charge in [-0.1, -0.05) is 39.0 Å². The molecule has 0 amide bonds. The fourth-order valence-corrected chi connectivity index (χ4v) is 5.11. The Hall–Kier alpha value is -0.890. The van der Waals surface area contributed by atoms with E-state index in [1.54, 1.807) is 0 Å². The minimum absolute atomic E-state index is 0.442. The molecule has 0 aliphatic heterocycles. The van der Waals surface area contributed by atoms with Gasteiger partial charge in [-0.15, -0.1) is 0 Å². The van der Waals surface area contributed by atoms with Gasteiger partial charge in [0.2, 0.25) is 0 Å². The van der Waals surface area contributed by atoms with Crippen molar-refractivity contribution in [1.29, 1.82) is 0 Å². The lowest BCUT2D eigenvalue weighted by molar-refractivity contribution is 1.20. The molecule has 2 rings (SSSR count). The number of rotatable bonds is 5. The average molecular weight is 249 g/mol. The molecular weight excluding hydrogens is 226 g/mol. The van der Waals surface area contributed by atoms with Gasteiger partial charge in [-0.05, 0) is 34.8 Å². The van der Waals surface area contributed by atoms with E-state index in [9.17, 15) is 0 Å². The Morgan fingerprint density at radius 1 is 1.00 bits per heavy atom. The first-order chi connectivity index (χ1) is 8.23. The number of hydrogen-bond donors (Lipinski definition) is 1. The van der Waals surface area contributed by atoms with E-state index in [4.69, 9.17) is 0 Å². The number of H-pyrrole nitrogens is 1. The molecule has 0 bridgehead atoms. The highest BCUT2D eigenvalue weighted by Crippen LogP contribution is 2.49. The summed E-state index contributed by atoms with van der Waals surface area (Å²) >= 11 is 0. The normalized spacial score (nSPS) is 13.1. The molecule has 0 atom stereocenters. The van der Waals surface area contributed by atoms with Crippen molar-refractivity contribution in [2.24, 2.45) is 0 Å². The van der Waals surface area contributed by atoms with Crippen LogP contribution in [-0.2, 0) is 5.75 Å². The second-order valence-electron chi connectivity index (χ2n) is 4.62. The van der Waals surface area contributed by atoms with Crippen LogP contribution < -0.4 is 0 Å². The molecule has 1 heterocycles. The van der Waals surface area contributed by atoms with Gasteiger partial charge in [0.15, 0.2) is 0 Å². The van der Waals surface area contributed by atoms with Crippen LogP contribution >= 0.6 is 10.0 Å². The lowest BCUT2D eigenvalue weighted by atomic mass is 10.2. The van der Waals surface area contributed by atoms with Gasteiger partial charge in [0, 0.05) is 17.0 Å². The fourth-order valence-electron chi connectivity index (χ4n) is 2.46. The standard InChI is InChI=1S/C15H23NS/c1-4-17(5-2,6-3)12-14-11-13-9-7-8-10-15(13)16-14/h7-11,16H,4-6,12H2,1-3H3. The van der Waals surface area contributed by atoms with Crippen LogP contribution in [-0.4, -0.2) is 22.2 Å². The van der Waals surface area contributed by atoms with Gasteiger partial charge in [0.05, 0.1) is 0 Å². The summed E-state index contributed by atoms with van der Waals surface area (Å²) in [5, 5.41) is 1.35. The monoisotopic (exact) mass is 249 g/mol. The molecule has 1 aromatic carbocycles. The Balaban J connectivity index is 2.28. The van der Waals surface area contributed by atoms with Gasteiger partial charge in [-0.25, -0.2) is 10.0 Å². The predicted octanol–water partition coefficient (Wildman–Crippen LogP) is 4.53. The van der Waals surface area contributed by atoms with E-state index in [2.05, 4.69) is 56.1 Å². The number of fused-ring (bicyclic) bond motifs is 1. The second-order valence-corrected chi connectivity index (χ2v) is 9.09. The molecule has 0 aliphatic rings. The van der Waals surface area contributed by atoms with Crippen molar-refractivity contribution in [2.45, 2.75) is 26.5 Å². The van der Waals surface area contributed by atoms with E-state index in [0.29, 0.717) is 0 Å². The van der Waals surface area contributed by atoms with Gasteiger partial charge in [-0.3, -0.25) is 0 Å². The van der Waals surface area contributed by atoms with Crippen molar-refractivity contribution in [3.05, 3.63) is 36.0 Å². The molecule has 0 fully saturated rings. The maximum Gasteiger partial charge on any atom is 0.0456 e. The summed E-state index contributed by atoms with van der Waals surface area (Å²) in [6.07, 6.45) is 0. The molecule has 0 unspecified atom stereocenters. The predicted molar refractivity (Wildman–Crippen MR) is 81.2 cm³/mol. The molecule has 17 heavy (non-hydrogen) atoms. The third-order valence-electron chi connectivity index (χ3n) is 3.88. The molecule has 2 aromatic rings. The van der Waals surface area contributed by atoms with Crippen LogP contribution in [0.2, 0.25) is 0 Å². The van der Waals surface area contributed by atoms with E-state index in [1.165, 1.54) is 39.6 Å². The summed E-state index contributed by atoms with van der Waals surface area (Å²) in [5.41, 5.74) is 2.70. The zero-order valence-electron chi connectivity index (χ0n) is 11.1. The zero-order valence-corrected chi connectivity index (χ0v) is 11.9. The van der Waals surface area contributed by atoms with Crippen molar-refractivity contribution >= 4 is 20.9 Å². The maximum atomic E-state index is 3.57. The van der Waals surface area contributed by atoms with Crippen molar-refractivity contribution in [2.75, 3.05) is 17.3 Å². The van der Waals surface area contributed by atoms with Gasteiger partial charge in [0.1, 0.15) is 0 Å². The third kappa shape index (κ3) is 2.52. The van der Waals surface area contributed by atoms with Crippen LogP contribution in [0.4, 0.5) is 0 Å². The zero-order chi connectivity index (χ0) is 12.3. The molecule has 94 valence electrons. The van der Waals surface area contributed by atoms with Gasteiger partial charge < -0.3 is 4.98 Å². The van der Waals surface area contributed by atoms with Crippen molar-refractivity contribution in [1.82, 2.24) is 4.98 Å². The molecule has 0 saturated heterocycles. The molecule has 0 radical (unpaired) electrons. The fraction of sp³-hybridized carbons (Fsp3) is 0.467. The molecular formula is C15H23NS. The highest BCUT2D eigenvalue weighted by Gasteiger charge is 2.19. The van der Waals surface area contributed by atoms with Gasteiger partial charge in [-0.2, -0.15) is 0 Å². The largest absolute Gasteiger partial charge is 0.358 e. The van der Waals surface area contributed by atoms with Gasteiger partial charge >= 0.3 is 0 Å². The molecule has 0 aliphatic carbocycles. The minimum Gasteiger partial charge on any atom is -0.358 e. The van der Waals surface area contributed by atoms with Crippen molar-refractivity contribution in [3.8, 4) is 0 Å². The van der Waals surface area contributed by atoms with Crippen LogP contribution in [0, 0.1) is 0 Å². The van der Waals surface area contributed by atoms with Crippen molar-refractivity contribution < 1.29 is 0 Å². The summed E-state index contributed by atoms with van der Waals surface area (Å²) in [6, 6.07) is 10.9. The van der Waals surface area contributed by atoms with Crippen LogP contribution in [0.15, 0.2) is 30.3 Å². The number of benzene rings is 1. The smallest absolute Gasteiger partial charge is 0.0456 e. The molecule has 1 N–H and O–H groups in total. The van der Waals surface area contributed by atoms with E-state index >= 15 is 0 Å². The Morgan fingerprint density at radius 2 is 1.65 bits per heavy atom. The number of hydrogen-bond acceptors (Lipinski definition) is 0. The summed E-state index contributed by atoms with van der Waals surface area (Å²) in [4.78, 5) is 3.57. The summed E-state index contributed by atoms with van der Waals surface area (Å²) < 4.78 is 0. The Morgan fingerprint density at radius 3 is 2.24 bits per heavy atom. The quantitative estimate of drug-likeness (QED) is 0.801. The third-order valence-corrected chi connectivity index (χ3v) is 8.48. The lowest BCUT2D eigenvalue weighted by Gasteiger charge is -2.36. The summed E-state index contributed by atoms with van der Waals surface area (Å²) in [6.45, 7) is 7.06. The summed E-state index contributed by atoms with van der Waals surface area (Å²) in [7, 11) is -0.442. The first-order valence-electron chi connectivity index (χ1n) is 6.53. The lowest BCUT2D eigenvalue weighted by Crippen LogP contribution is -2.11. The first-order valence-corrected chi connectivity index (χ1v) is 8.84. The molecule has 0 saturated carbocycles. The highest BCUT2D eigenvalue weighted by molar-refractivity contribution is 8.33. The topological polar surface area (TPSA) is 15.8 Å². The van der Waals surface area contributed by atoms with E-state index < -0.39 is 10.0 Å². The van der Waals surface area contributed by atoms with Crippen LogP contribution in [0.5, 0.6) is 0 Å². The van der Waals surface area contributed by atoms with E-state index in [1.807, 2.05) is 0 Å². The van der Waals surface area contributed by atoms with E-state index in [0.717, 1.165) is 0 Å². The van der Waals surface area contributed by atoms with Crippen LogP contribution in [0.1, 0.15) is 26.5 Å². The average Bonchev–Trinajstić information content (AvgIpc) is 2.78. The molecule has 1 aromatic heterocycles. The number of aromatic nitrogens is 1. The summed E-state index contributed by atoms with van der Waals surface area (Å²) in [5.74, 6) is 5.28. The number of aromatic amines is 1. The number of nitrogens with one attached hydrogen (secondary N) is 1. The van der Waals surface area contributed by atoms with Crippen molar-refractivity contribution in [3.63, 3.8) is 0 Å². The maximum absolute atomic E-state index is 3.57. The Kier molecular flexibility index (Phi) is 3.82. The molecule has 0 spiro atoms.